The van der Waals surface area contributed by atoms with Crippen molar-refractivity contribution in [2.45, 2.75) is 39.7 Å². The number of thiazole rings is 1. The molecular formula is C16H21N5OS. The SMILES string of the molecule is CNc1cc([C@H]2CCCN2C(=O)c2sc(C)nc2C)nc(C)n1. The normalized spacial score (nSPS) is 17.6. The Balaban J connectivity index is 1.92. The first kappa shape index (κ1) is 15.9. The van der Waals surface area contributed by atoms with Crippen molar-refractivity contribution >= 4 is 23.1 Å². The van der Waals surface area contributed by atoms with E-state index in [9.17, 15) is 4.79 Å². The zero-order valence-corrected chi connectivity index (χ0v) is 14.7. The van der Waals surface area contributed by atoms with Crippen LogP contribution < -0.4 is 5.32 Å². The van der Waals surface area contributed by atoms with Gasteiger partial charge in [-0.25, -0.2) is 15.0 Å². The first-order valence-electron chi connectivity index (χ1n) is 7.78. The number of nitrogens with zero attached hydrogens (tertiary/aromatic N) is 4. The summed E-state index contributed by atoms with van der Waals surface area (Å²) in [5.41, 5.74) is 1.73. The number of rotatable bonds is 3. The van der Waals surface area contributed by atoms with Crippen LogP contribution in [0.2, 0.25) is 0 Å². The quantitative estimate of drug-likeness (QED) is 0.936. The van der Waals surface area contributed by atoms with Crippen LogP contribution in [0.25, 0.3) is 0 Å². The maximum Gasteiger partial charge on any atom is 0.266 e. The molecule has 0 bridgehead atoms. The van der Waals surface area contributed by atoms with Crippen LogP contribution >= 0.6 is 11.3 Å². The van der Waals surface area contributed by atoms with Crippen molar-refractivity contribution in [3.05, 3.63) is 33.2 Å². The highest BCUT2D eigenvalue weighted by atomic mass is 32.1. The molecule has 2 aromatic rings. The predicted molar refractivity (Wildman–Crippen MR) is 90.9 cm³/mol. The summed E-state index contributed by atoms with van der Waals surface area (Å²) in [6.45, 7) is 6.47. The number of carbonyl (C=O) groups is 1. The van der Waals surface area contributed by atoms with E-state index >= 15 is 0 Å². The van der Waals surface area contributed by atoms with Crippen LogP contribution in [0.1, 0.15) is 50.8 Å². The fourth-order valence-electron chi connectivity index (χ4n) is 3.07. The van der Waals surface area contributed by atoms with Gasteiger partial charge in [0.05, 0.1) is 22.4 Å². The Hall–Kier alpha value is -2.02. The number of hydrogen-bond acceptors (Lipinski definition) is 6. The van der Waals surface area contributed by atoms with Crippen LogP contribution in [0.4, 0.5) is 5.82 Å². The minimum Gasteiger partial charge on any atom is -0.373 e. The van der Waals surface area contributed by atoms with Gasteiger partial charge in [-0.1, -0.05) is 0 Å². The maximum absolute atomic E-state index is 12.9. The minimum absolute atomic E-state index is 0.0121. The Bertz CT molecular complexity index is 742. The van der Waals surface area contributed by atoms with Crippen LogP contribution in [0.3, 0.4) is 0 Å². The largest absolute Gasteiger partial charge is 0.373 e. The second-order valence-electron chi connectivity index (χ2n) is 5.78. The highest BCUT2D eigenvalue weighted by molar-refractivity contribution is 7.13. The van der Waals surface area contributed by atoms with Gasteiger partial charge in [-0.3, -0.25) is 4.79 Å². The van der Waals surface area contributed by atoms with Crippen molar-refractivity contribution in [3.63, 3.8) is 0 Å². The molecule has 0 radical (unpaired) electrons. The van der Waals surface area contributed by atoms with Crippen molar-refractivity contribution in [1.82, 2.24) is 19.9 Å². The smallest absolute Gasteiger partial charge is 0.266 e. The molecule has 1 fully saturated rings. The van der Waals surface area contributed by atoms with Crippen LogP contribution in [0.15, 0.2) is 6.07 Å². The van der Waals surface area contributed by atoms with Gasteiger partial charge in [-0.2, -0.15) is 0 Å². The van der Waals surface area contributed by atoms with E-state index in [0.29, 0.717) is 0 Å². The van der Waals surface area contributed by atoms with E-state index in [1.807, 2.05) is 38.8 Å². The first-order valence-corrected chi connectivity index (χ1v) is 8.59. The van der Waals surface area contributed by atoms with E-state index in [2.05, 4.69) is 20.3 Å². The predicted octanol–water partition coefficient (Wildman–Crippen LogP) is 2.88. The van der Waals surface area contributed by atoms with E-state index in [4.69, 9.17) is 0 Å². The average molecular weight is 331 g/mol. The fraction of sp³-hybridized carbons (Fsp3) is 0.500. The third-order valence-electron chi connectivity index (χ3n) is 4.07. The number of nitrogens with one attached hydrogen (secondary N) is 1. The second-order valence-corrected chi connectivity index (χ2v) is 6.98. The topological polar surface area (TPSA) is 71.0 Å². The molecular weight excluding hydrogens is 310 g/mol. The van der Waals surface area contributed by atoms with Gasteiger partial charge in [-0.05, 0) is 33.6 Å². The van der Waals surface area contributed by atoms with E-state index in [0.717, 1.165) is 52.3 Å². The molecule has 23 heavy (non-hydrogen) atoms. The third kappa shape index (κ3) is 3.06. The Morgan fingerprint density at radius 3 is 2.74 bits per heavy atom. The van der Waals surface area contributed by atoms with Gasteiger partial charge in [0.25, 0.3) is 5.91 Å². The minimum atomic E-state index is 0.0121. The Kier molecular flexibility index (Phi) is 4.30. The summed E-state index contributed by atoms with van der Waals surface area (Å²) < 4.78 is 0. The van der Waals surface area contributed by atoms with Crippen LogP contribution in [0.5, 0.6) is 0 Å². The molecule has 7 heteroatoms. The number of amides is 1. The van der Waals surface area contributed by atoms with Crippen molar-refractivity contribution in [2.24, 2.45) is 0 Å². The molecule has 6 nitrogen and oxygen atoms in total. The Morgan fingerprint density at radius 1 is 1.30 bits per heavy atom. The molecule has 122 valence electrons. The molecule has 2 aromatic heterocycles. The van der Waals surface area contributed by atoms with E-state index < -0.39 is 0 Å². The Morgan fingerprint density at radius 2 is 2.09 bits per heavy atom. The summed E-state index contributed by atoms with van der Waals surface area (Å²) in [5, 5.41) is 3.99. The van der Waals surface area contributed by atoms with Crippen molar-refractivity contribution in [1.29, 1.82) is 0 Å². The molecule has 0 saturated carbocycles. The maximum atomic E-state index is 12.9. The zero-order valence-electron chi connectivity index (χ0n) is 13.9. The number of aromatic nitrogens is 3. The second kappa shape index (κ2) is 6.23. The first-order chi connectivity index (χ1) is 11.0. The Labute approximate surface area is 140 Å². The van der Waals surface area contributed by atoms with Gasteiger partial charge < -0.3 is 10.2 Å². The zero-order chi connectivity index (χ0) is 16.6. The van der Waals surface area contributed by atoms with Crippen molar-refractivity contribution < 1.29 is 4.79 Å². The standard InChI is InChI=1S/C16H21N5OS/c1-9-15(23-11(3)18-9)16(22)21-7-5-6-13(21)12-8-14(17-4)20-10(2)19-12/h8,13H,5-7H2,1-4H3,(H,17,19,20)/t13-/m1/s1. The summed E-state index contributed by atoms with van der Waals surface area (Å²) in [7, 11) is 1.84. The lowest BCUT2D eigenvalue weighted by atomic mass is 10.1. The van der Waals surface area contributed by atoms with Gasteiger partial charge >= 0.3 is 0 Å². The third-order valence-corrected chi connectivity index (χ3v) is 5.13. The highest BCUT2D eigenvalue weighted by Gasteiger charge is 2.33. The van der Waals surface area contributed by atoms with Crippen LogP contribution in [0, 0.1) is 20.8 Å². The molecule has 0 spiro atoms. The number of carbonyl (C=O) groups excluding carboxylic acids is 1. The lowest BCUT2D eigenvalue weighted by Crippen LogP contribution is -2.31. The van der Waals surface area contributed by atoms with E-state index in [1.165, 1.54) is 11.3 Å². The average Bonchev–Trinajstić information content (AvgIpc) is 3.12. The summed E-state index contributed by atoms with van der Waals surface area (Å²) >= 11 is 1.47. The summed E-state index contributed by atoms with van der Waals surface area (Å²) in [6.07, 6.45) is 1.92. The van der Waals surface area contributed by atoms with Crippen LogP contribution in [-0.4, -0.2) is 39.4 Å². The fourth-order valence-corrected chi connectivity index (χ4v) is 3.94. The molecule has 3 rings (SSSR count). The van der Waals surface area contributed by atoms with E-state index in [-0.39, 0.29) is 11.9 Å². The van der Waals surface area contributed by atoms with Gasteiger partial charge in [0.2, 0.25) is 0 Å². The van der Waals surface area contributed by atoms with Gasteiger partial charge in [0, 0.05) is 19.7 Å². The summed E-state index contributed by atoms with van der Waals surface area (Å²) in [6, 6.07) is 1.95. The van der Waals surface area contributed by atoms with Crippen LogP contribution in [-0.2, 0) is 0 Å². The molecule has 1 amide bonds. The summed E-state index contributed by atoms with van der Waals surface area (Å²) in [4.78, 5) is 28.9. The number of hydrogen-bond donors (Lipinski definition) is 1. The highest BCUT2D eigenvalue weighted by Crippen LogP contribution is 2.34. The number of anilines is 1. The molecule has 1 aliphatic rings. The molecule has 1 N–H and O–H groups in total. The number of aryl methyl sites for hydroxylation is 3. The van der Waals surface area contributed by atoms with Gasteiger partial charge in [-0.15, -0.1) is 11.3 Å². The van der Waals surface area contributed by atoms with Crippen molar-refractivity contribution in [2.75, 3.05) is 18.9 Å². The molecule has 1 atom stereocenters. The lowest BCUT2D eigenvalue weighted by molar-refractivity contribution is 0.0736. The molecule has 1 aliphatic heterocycles. The molecule has 0 aromatic carbocycles. The lowest BCUT2D eigenvalue weighted by Gasteiger charge is -2.24. The van der Waals surface area contributed by atoms with Gasteiger partial charge in [0.1, 0.15) is 16.5 Å². The molecule has 0 aliphatic carbocycles. The molecule has 0 unspecified atom stereocenters. The van der Waals surface area contributed by atoms with E-state index in [1.54, 1.807) is 0 Å². The van der Waals surface area contributed by atoms with Gasteiger partial charge in [0.15, 0.2) is 0 Å². The molecule has 1 saturated heterocycles. The summed E-state index contributed by atoms with van der Waals surface area (Å²) in [5.74, 6) is 1.57. The number of likely N-dealkylation sites (tertiary alicyclic amines) is 1. The monoisotopic (exact) mass is 331 g/mol. The molecule has 3 heterocycles. The van der Waals surface area contributed by atoms with Crippen molar-refractivity contribution in [3.8, 4) is 0 Å².